The molecular formula is C14H19BrN2. The summed E-state index contributed by atoms with van der Waals surface area (Å²) in [5, 5.41) is 0. The van der Waals surface area contributed by atoms with Gasteiger partial charge in [-0.2, -0.15) is 0 Å². The van der Waals surface area contributed by atoms with E-state index in [0.29, 0.717) is 0 Å². The van der Waals surface area contributed by atoms with Crippen LogP contribution in [0.4, 0.5) is 11.4 Å². The van der Waals surface area contributed by atoms with Crippen molar-refractivity contribution in [3.05, 3.63) is 35.3 Å². The molecule has 3 heteroatoms. The molecule has 2 N–H and O–H groups in total. The molecule has 0 radical (unpaired) electrons. The molecule has 0 saturated carbocycles. The normalized spacial score (nSPS) is 17.1. The van der Waals surface area contributed by atoms with Crippen LogP contribution < -0.4 is 10.6 Å². The third-order valence-corrected chi connectivity index (χ3v) is 3.94. The van der Waals surface area contributed by atoms with Gasteiger partial charge in [0, 0.05) is 17.6 Å². The summed E-state index contributed by atoms with van der Waals surface area (Å²) in [6, 6.07) is 6.07. The van der Waals surface area contributed by atoms with Gasteiger partial charge in [0.2, 0.25) is 0 Å². The Hall–Kier alpha value is -0.960. The molecular weight excluding hydrogens is 276 g/mol. The van der Waals surface area contributed by atoms with Crippen molar-refractivity contribution in [1.82, 2.24) is 0 Å². The Morgan fingerprint density at radius 1 is 1.41 bits per heavy atom. The van der Waals surface area contributed by atoms with E-state index in [-0.39, 0.29) is 0 Å². The summed E-state index contributed by atoms with van der Waals surface area (Å²) in [7, 11) is 0. The lowest BCUT2D eigenvalue weighted by atomic mass is 9.93. The van der Waals surface area contributed by atoms with Gasteiger partial charge >= 0.3 is 0 Å². The molecule has 2 rings (SSSR count). The van der Waals surface area contributed by atoms with Crippen molar-refractivity contribution in [2.24, 2.45) is 5.92 Å². The number of rotatable bonds is 3. The summed E-state index contributed by atoms with van der Waals surface area (Å²) in [5.41, 5.74) is 8.07. The molecule has 1 fully saturated rings. The number of halogens is 1. The van der Waals surface area contributed by atoms with Gasteiger partial charge in [-0.25, -0.2) is 0 Å². The van der Waals surface area contributed by atoms with E-state index in [0.717, 1.165) is 41.3 Å². The number of piperidine rings is 1. The molecule has 1 aliphatic heterocycles. The van der Waals surface area contributed by atoms with Crippen LogP contribution in [-0.2, 0) is 0 Å². The van der Waals surface area contributed by atoms with Crippen molar-refractivity contribution in [3.63, 3.8) is 0 Å². The predicted molar refractivity (Wildman–Crippen MR) is 78.3 cm³/mol. The zero-order valence-electron chi connectivity index (χ0n) is 10.0. The summed E-state index contributed by atoms with van der Waals surface area (Å²) in [6.45, 7) is 6.01. The van der Waals surface area contributed by atoms with Crippen LogP contribution in [0.2, 0.25) is 0 Å². The first-order valence-electron chi connectivity index (χ1n) is 6.11. The maximum Gasteiger partial charge on any atom is 0.0611 e. The van der Waals surface area contributed by atoms with Gasteiger partial charge in [-0.1, -0.05) is 22.0 Å². The molecule has 1 aliphatic rings. The molecule has 1 heterocycles. The Bertz CT molecular complexity index is 395. The fraction of sp³-hybridized carbons (Fsp3) is 0.429. The molecule has 0 aliphatic carbocycles. The summed E-state index contributed by atoms with van der Waals surface area (Å²) in [4.78, 5) is 2.39. The number of allylic oxidation sites excluding steroid dienone is 1. The first-order valence-corrected chi connectivity index (χ1v) is 6.91. The van der Waals surface area contributed by atoms with Crippen molar-refractivity contribution in [3.8, 4) is 0 Å². The van der Waals surface area contributed by atoms with Crippen LogP contribution in [0.1, 0.15) is 19.3 Å². The van der Waals surface area contributed by atoms with Gasteiger partial charge < -0.3 is 10.6 Å². The Morgan fingerprint density at radius 3 is 2.76 bits per heavy atom. The molecule has 0 amide bonds. The highest BCUT2D eigenvalue weighted by Gasteiger charge is 2.19. The highest BCUT2D eigenvalue weighted by atomic mass is 79.9. The highest BCUT2D eigenvalue weighted by Crippen LogP contribution is 2.31. The number of anilines is 2. The molecule has 92 valence electrons. The summed E-state index contributed by atoms with van der Waals surface area (Å²) >= 11 is 3.50. The van der Waals surface area contributed by atoms with Crippen molar-refractivity contribution < 1.29 is 0 Å². The first-order chi connectivity index (χ1) is 8.20. The van der Waals surface area contributed by atoms with Crippen molar-refractivity contribution in [2.45, 2.75) is 19.3 Å². The Kier molecular flexibility index (Phi) is 4.11. The van der Waals surface area contributed by atoms with Gasteiger partial charge in [-0.3, -0.25) is 0 Å². The van der Waals surface area contributed by atoms with Crippen LogP contribution in [0, 0.1) is 5.92 Å². The van der Waals surface area contributed by atoms with Gasteiger partial charge in [-0.05, 0) is 43.4 Å². The maximum atomic E-state index is 6.03. The molecule has 2 nitrogen and oxygen atoms in total. The van der Waals surface area contributed by atoms with E-state index in [1.165, 1.54) is 12.8 Å². The first kappa shape index (κ1) is 12.5. The second kappa shape index (κ2) is 5.58. The molecule has 0 aromatic heterocycles. The average molecular weight is 295 g/mol. The second-order valence-corrected chi connectivity index (χ2v) is 5.57. The topological polar surface area (TPSA) is 29.3 Å². The number of nitrogens with two attached hydrogens (primary N) is 1. The summed E-state index contributed by atoms with van der Waals surface area (Å²) in [5.74, 6) is 0.803. The van der Waals surface area contributed by atoms with Gasteiger partial charge in [0.05, 0.1) is 11.4 Å². The fourth-order valence-electron chi connectivity index (χ4n) is 2.44. The van der Waals surface area contributed by atoms with E-state index in [1.54, 1.807) is 0 Å². The van der Waals surface area contributed by atoms with Crippen molar-refractivity contribution in [1.29, 1.82) is 0 Å². The molecule has 1 aromatic carbocycles. The lowest BCUT2D eigenvalue weighted by Crippen LogP contribution is -2.34. The highest BCUT2D eigenvalue weighted by molar-refractivity contribution is 9.10. The van der Waals surface area contributed by atoms with E-state index >= 15 is 0 Å². The quantitative estimate of drug-likeness (QED) is 0.678. The van der Waals surface area contributed by atoms with E-state index < -0.39 is 0 Å². The minimum Gasteiger partial charge on any atom is -0.397 e. The number of nitrogen functional groups attached to an aromatic ring is 1. The van der Waals surface area contributed by atoms with E-state index in [9.17, 15) is 0 Å². The number of benzene rings is 1. The number of hydrogen-bond acceptors (Lipinski definition) is 2. The van der Waals surface area contributed by atoms with Gasteiger partial charge in [-0.15, -0.1) is 6.58 Å². The molecule has 1 saturated heterocycles. The maximum absolute atomic E-state index is 6.03. The van der Waals surface area contributed by atoms with E-state index in [2.05, 4.69) is 33.5 Å². The third kappa shape index (κ3) is 3.03. The van der Waals surface area contributed by atoms with Crippen LogP contribution in [0.5, 0.6) is 0 Å². The zero-order chi connectivity index (χ0) is 12.3. The van der Waals surface area contributed by atoms with E-state index in [1.807, 2.05) is 18.2 Å². The number of nitrogens with zero attached hydrogens (tertiary/aromatic N) is 1. The van der Waals surface area contributed by atoms with Gasteiger partial charge in [0.25, 0.3) is 0 Å². The van der Waals surface area contributed by atoms with Crippen LogP contribution in [0.3, 0.4) is 0 Å². The Morgan fingerprint density at radius 2 is 2.12 bits per heavy atom. The zero-order valence-corrected chi connectivity index (χ0v) is 11.6. The minimum atomic E-state index is 0.803. The largest absolute Gasteiger partial charge is 0.397 e. The standard InChI is InChI=1S/C14H19BrN2/c1-2-3-11-6-8-17(9-7-11)14-10-12(15)4-5-13(14)16/h2,4-5,10-11H,1,3,6-9,16H2. The summed E-state index contributed by atoms with van der Waals surface area (Å²) in [6.07, 6.45) is 5.64. The molecule has 1 aromatic rings. The van der Waals surface area contributed by atoms with Crippen LogP contribution in [0.15, 0.2) is 35.3 Å². The average Bonchev–Trinajstić information content (AvgIpc) is 2.34. The Labute approximate surface area is 112 Å². The lowest BCUT2D eigenvalue weighted by molar-refractivity contribution is 0.410. The van der Waals surface area contributed by atoms with Gasteiger partial charge in [0.15, 0.2) is 0 Å². The predicted octanol–water partition coefficient (Wildman–Crippen LogP) is 3.82. The van der Waals surface area contributed by atoms with Crippen molar-refractivity contribution in [2.75, 3.05) is 23.7 Å². The molecule has 0 unspecified atom stereocenters. The molecule has 17 heavy (non-hydrogen) atoms. The monoisotopic (exact) mass is 294 g/mol. The Balaban J connectivity index is 2.05. The smallest absolute Gasteiger partial charge is 0.0611 e. The fourth-order valence-corrected chi connectivity index (χ4v) is 2.78. The van der Waals surface area contributed by atoms with Gasteiger partial charge in [0.1, 0.15) is 0 Å². The summed E-state index contributed by atoms with van der Waals surface area (Å²) < 4.78 is 1.09. The van der Waals surface area contributed by atoms with Crippen LogP contribution >= 0.6 is 15.9 Å². The SMILES string of the molecule is C=CCC1CCN(c2cc(Br)ccc2N)CC1. The van der Waals surface area contributed by atoms with Crippen molar-refractivity contribution >= 4 is 27.3 Å². The number of hydrogen-bond donors (Lipinski definition) is 1. The molecule has 0 spiro atoms. The van der Waals surface area contributed by atoms with Crippen LogP contribution in [0.25, 0.3) is 0 Å². The van der Waals surface area contributed by atoms with Crippen LogP contribution in [-0.4, -0.2) is 13.1 Å². The van der Waals surface area contributed by atoms with E-state index in [4.69, 9.17) is 5.73 Å². The second-order valence-electron chi connectivity index (χ2n) is 4.66. The molecule has 0 atom stereocenters. The lowest BCUT2D eigenvalue weighted by Gasteiger charge is -2.34. The molecule has 0 bridgehead atoms. The minimum absolute atomic E-state index is 0.803. The third-order valence-electron chi connectivity index (χ3n) is 3.45.